The summed E-state index contributed by atoms with van der Waals surface area (Å²) in [6, 6.07) is 19.9. The van der Waals surface area contributed by atoms with Crippen molar-refractivity contribution < 1.29 is 13.2 Å². The van der Waals surface area contributed by atoms with Crippen molar-refractivity contribution in [3.05, 3.63) is 94.0 Å². The molecule has 0 fully saturated rings. The molecule has 1 amide bonds. The topological polar surface area (TPSA) is 66.5 Å². The highest BCUT2D eigenvalue weighted by atomic mass is 35.5. The molecule has 1 N–H and O–H groups in total. The zero-order chi connectivity index (χ0) is 21.0. The molecule has 0 aliphatic rings. The van der Waals surface area contributed by atoms with E-state index in [1.54, 1.807) is 18.2 Å². The minimum atomic E-state index is -3.69. The first-order chi connectivity index (χ1) is 13.8. The molecule has 8 heteroatoms. The molecule has 3 rings (SSSR count). The van der Waals surface area contributed by atoms with Gasteiger partial charge in [-0.05, 0) is 42.0 Å². The SMILES string of the molecule is CN(Cc1ccccc1)S(=O)(=O)c1ccc(C(=O)Nc2cccc(Cl)c2Cl)cc1. The molecule has 5 nitrogen and oxygen atoms in total. The number of carbonyl (C=O) groups is 1. The molecule has 0 bridgehead atoms. The first-order valence-electron chi connectivity index (χ1n) is 8.65. The Bertz CT molecular complexity index is 1120. The lowest BCUT2D eigenvalue weighted by molar-refractivity contribution is 0.102. The first-order valence-corrected chi connectivity index (χ1v) is 10.8. The molecule has 0 aliphatic heterocycles. The van der Waals surface area contributed by atoms with Gasteiger partial charge in [-0.2, -0.15) is 4.31 Å². The Morgan fingerprint density at radius 1 is 0.931 bits per heavy atom. The fourth-order valence-corrected chi connectivity index (χ4v) is 4.19. The van der Waals surface area contributed by atoms with E-state index in [1.807, 2.05) is 30.3 Å². The van der Waals surface area contributed by atoms with Gasteiger partial charge in [-0.3, -0.25) is 4.79 Å². The molecule has 0 aliphatic carbocycles. The summed E-state index contributed by atoms with van der Waals surface area (Å²) in [6.07, 6.45) is 0. The average Bonchev–Trinajstić information content (AvgIpc) is 2.72. The van der Waals surface area contributed by atoms with Crippen LogP contribution in [0.3, 0.4) is 0 Å². The monoisotopic (exact) mass is 448 g/mol. The summed E-state index contributed by atoms with van der Waals surface area (Å²) >= 11 is 12.0. The van der Waals surface area contributed by atoms with Gasteiger partial charge in [-0.15, -0.1) is 0 Å². The maximum Gasteiger partial charge on any atom is 0.255 e. The number of carbonyl (C=O) groups excluding carboxylic acids is 1. The van der Waals surface area contributed by atoms with Crippen LogP contribution in [0.4, 0.5) is 5.69 Å². The summed E-state index contributed by atoms with van der Waals surface area (Å²) < 4.78 is 26.8. The predicted octanol–water partition coefficient (Wildman–Crippen LogP) is 5.07. The van der Waals surface area contributed by atoms with Gasteiger partial charge in [0, 0.05) is 19.2 Å². The Morgan fingerprint density at radius 2 is 1.59 bits per heavy atom. The van der Waals surface area contributed by atoms with Crippen molar-refractivity contribution in [2.45, 2.75) is 11.4 Å². The number of sulfonamides is 1. The third-order valence-corrected chi connectivity index (χ3v) is 6.91. The highest BCUT2D eigenvalue weighted by Crippen LogP contribution is 2.30. The molecule has 0 radical (unpaired) electrons. The zero-order valence-corrected chi connectivity index (χ0v) is 17.8. The lowest BCUT2D eigenvalue weighted by Gasteiger charge is -2.17. The van der Waals surface area contributed by atoms with Crippen LogP contribution in [0.5, 0.6) is 0 Å². The Balaban J connectivity index is 1.75. The number of rotatable bonds is 6. The number of nitrogens with zero attached hydrogens (tertiary/aromatic N) is 1. The Morgan fingerprint density at radius 3 is 2.24 bits per heavy atom. The van der Waals surface area contributed by atoms with Crippen molar-refractivity contribution in [1.29, 1.82) is 0 Å². The van der Waals surface area contributed by atoms with Gasteiger partial charge >= 0.3 is 0 Å². The molecule has 150 valence electrons. The Kier molecular flexibility index (Phi) is 6.59. The molecule has 0 saturated heterocycles. The maximum absolute atomic E-state index is 12.8. The van der Waals surface area contributed by atoms with Crippen LogP contribution in [0.1, 0.15) is 15.9 Å². The number of amides is 1. The van der Waals surface area contributed by atoms with E-state index < -0.39 is 15.9 Å². The molecule has 0 atom stereocenters. The van der Waals surface area contributed by atoms with E-state index >= 15 is 0 Å². The summed E-state index contributed by atoms with van der Waals surface area (Å²) in [4.78, 5) is 12.5. The third-order valence-electron chi connectivity index (χ3n) is 4.27. The van der Waals surface area contributed by atoms with E-state index in [9.17, 15) is 13.2 Å². The minimum Gasteiger partial charge on any atom is -0.321 e. The van der Waals surface area contributed by atoms with E-state index in [2.05, 4.69) is 5.32 Å². The van der Waals surface area contributed by atoms with Gasteiger partial charge in [0.15, 0.2) is 0 Å². The molecule has 0 saturated carbocycles. The van der Waals surface area contributed by atoms with Crippen LogP contribution in [0.25, 0.3) is 0 Å². The van der Waals surface area contributed by atoms with Crippen molar-refractivity contribution in [3.63, 3.8) is 0 Å². The summed E-state index contributed by atoms with van der Waals surface area (Å²) in [5.74, 6) is -0.421. The van der Waals surface area contributed by atoms with Gasteiger partial charge in [-0.25, -0.2) is 8.42 Å². The van der Waals surface area contributed by atoms with Crippen LogP contribution < -0.4 is 5.32 Å². The Labute approximate surface area is 179 Å². The Hall–Kier alpha value is -2.38. The first kappa shape index (κ1) is 21.3. The molecule has 0 heterocycles. The van der Waals surface area contributed by atoms with Crippen LogP contribution in [0.2, 0.25) is 10.0 Å². The molecule has 3 aromatic rings. The van der Waals surface area contributed by atoms with Crippen LogP contribution in [-0.4, -0.2) is 25.7 Å². The average molecular weight is 449 g/mol. The summed E-state index contributed by atoms with van der Waals surface area (Å²) in [5.41, 5.74) is 1.56. The third kappa shape index (κ3) is 4.97. The van der Waals surface area contributed by atoms with Gasteiger partial charge in [0.1, 0.15) is 0 Å². The number of hydrogen-bond acceptors (Lipinski definition) is 3. The van der Waals surface area contributed by atoms with Crippen LogP contribution in [0, 0.1) is 0 Å². The van der Waals surface area contributed by atoms with Crippen LogP contribution >= 0.6 is 23.2 Å². The second-order valence-electron chi connectivity index (χ2n) is 6.33. The molecule has 0 unspecified atom stereocenters. The standard InChI is InChI=1S/C21H18Cl2N2O3S/c1-25(14-15-6-3-2-4-7-15)29(27,28)17-12-10-16(11-13-17)21(26)24-19-9-5-8-18(22)20(19)23/h2-13H,14H2,1H3,(H,24,26). The number of benzene rings is 3. The normalized spacial score (nSPS) is 11.4. The van der Waals surface area contributed by atoms with Crippen LogP contribution in [-0.2, 0) is 16.6 Å². The van der Waals surface area contributed by atoms with Crippen molar-refractivity contribution in [2.24, 2.45) is 0 Å². The predicted molar refractivity (Wildman–Crippen MR) is 116 cm³/mol. The zero-order valence-electron chi connectivity index (χ0n) is 15.5. The maximum atomic E-state index is 12.8. The van der Waals surface area contributed by atoms with Crippen LogP contribution in [0.15, 0.2) is 77.7 Å². The smallest absolute Gasteiger partial charge is 0.255 e. The molecular weight excluding hydrogens is 431 g/mol. The molecule has 29 heavy (non-hydrogen) atoms. The van der Waals surface area contributed by atoms with E-state index in [4.69, 9.17) is 23.2 Å². The number of nitrogens with one attached hydrogen (secondary N) is 1. The van der Waals surface area contributed by atoms with E-state index in [0.29, 0.717) is 16.3 Å². The lowest BCUT2D eigenvalue weighted by atomic mass is 10.2. The fraction of sp³-hybridized carbons (Fsp3) is 0.0952. The van der Waals surface area contributed by atoms with Gasteiger partial charge in [0.2, 0.25) is 10.0 Å². The molecule has 0 aromatic heterocycles. The van der Waals surface area contributed by atoms with Gasteiger partial charge < -0.3 is 5.32 Å². The van der Waals surface area contributed by atoms with Crippen molar-refractivity contribution in [1.82, 2.24) is 4.31 Å². The fourth-order valence-electron chi connectivity index (χ4n) is 2.68. The van der Waals surface area contributed by atoms with Gasteiger partial charge in [0.05, 0.1) is 20.6 Å². The lowest BCUT2D eigenvalue weighted by Crippen LogP contribution is -2.26. The van der Waals surface area contributed by atoms with Crippen molar-refractivity contribution in [2.75, 3.05) is 12.4 Å². The summed E-state index contributed by atoms with van der Waals surface area (Å²) in [7, 11) is -2.17. The van der Waals surface area contributed by atoms with Gasteiger partial charge in [0.25, 0.3) is 5.91 Å². The highest BCUT2D eigenvalue weighted by molar-refractivity contribution is 7.89. The largest absolute Gasteiger partial charge is 0.321 e. The molecular formula is C21H18Cl2N2O3S. The number of hydrogen-bond donors (Lipinski definition) is 1. The number of anilines is 1. The second-order valence-corrected chi connectivity index (χ2v) is 9.16. The van der Waals surface area contributed by atoms with E-state index in [1.165, 1.54) is 35.6 Å². The highest BCUT2D eigenvalue weighted by Gasteiger charge is 2.21. The second kappa shape index (κ2) is 8.97. The number of halogens is 2. The molecule has 3 aromatic carbocycles. The quantitative estimate of drug-likeness (QED) is 0.572. The van der Waals surface area contributed by atoms with Crippen molar-refractivity contribution >= 4 is 44.8 Å². The van der Waals surface area contributed by atoms with E-state index in [0.717, 1.165) is 5.56 Å². The molecule has 0 spiro atoms. The van der Waals surface area contributed by atoms with E-state index in [-0.39, 0.29) is 16.5 Å². The van der Waals surface area contributed by atoms with Gasteiger partial charge in [-0.1, -0.05) is 59.6 Å². The minimum absolute atomic E-state index is 0.105. The van der Waals surface area contributed by atoms with Crippen molar-refractivity contribution in [3.8, 4) is 0 Å². The summed E-state index contributed by atoms with van der Waals surface area (Å²) in [5, 5.41) is 3.23. The summed E-state index contributed by atoms with van der Waals surface area (Å²) in [6.45, 7) is 0.249.